The normalized spacial score (nSPS) is 11.5. The standard InChI is InChI=1S/C21H22F3N3O6/c1-5-32-21(31)18-9(2)15(10(3)26-18)20(30)33-11(4)19(29)25-8-14(28)27-13-7-6-12(22)16(23)17(13)24/h6-7,11,26H,5,8H2,1-4H3,(H,25,29)(H,27,28). The molecule has 0 bridgehead atoms. The molecule has 0 aliphatic rings. The second kappa shape index (κ2) is 10.7. The maximum absolute atomic E-state index is 13.6. The van der Waals surface area contributed by atoms with Crippen molar-refractivity contribution in [2.24, 2.45) is 0 Å². The van der Waals surface area contributed by atoms with Gasteiger partial charge in [-0.05, 0) is 45.4 Å². The summed E-state index contributed by atoms with van der Waals surface area (Å²) in [6, 6.07) is 1.45. The highest BCUT2D eigenvalue weighted by molar-refractivity contribution is 6.00. The second-order valence-electron chi connectivity index (χ2n) is 6.88. The molecule has 9 nitrogen and oxygen atoms in total. The number of nitrogens with one attached hydrogen (secondary N) is 3. The molecule has 0 saturated heterocycles. The van der Waals surface area contributed by atoms with E-state index >= 15 is 0 Å². The molecule has 1 unspecified atom stereocenters. The first-order chi connectivity index (χ1) is 15.5. The molecule has 0 aliphatic heterocycles. The van der Waals surface area contributed by atoms with Crippen molar-refractivity contribution in [2.45, 2.75) is 33.8 Å². The van der Waals surface area contributed by atoms with Crippen LogP contribution < -0.4 is 10.6 Å². The third kappa shape index (κ3) is 5.90. The van der Waals surface area contributed by atoms with Gasteiger partial charge in [0.05, 0.1) is 24.4 Å². The minimum Gasteiger partial charge on any atom is -0.461 e. The predicted octanol–water partition coefficient (Wildman–Crippen LogP) is 2.53. The van der Waals surface area contributed by atoms with E-state index < -0.39 is 59.5 Å². The average molecular weight is 469 g/mol. The first-order valence-electron chi connectivity index (χ1n) is 9.76. The third-order valence-electron chi connectivity index (χ3n) is 4.51. The summed E-state index contributed by atoms with van der Waals surface area (Å²) in [6.07, 6.45) is -1.33. The van der Waals surface area contributed by atoms with E-state index in [0.717, 1.165) is 6.07 Å². The van der Waals surface area contributed by atoms with Crippen LogP contribution in [0.3, 0.4) is 0 Å². The van der Waals surface area contributed by atoms with Gasteiger partial charge in [-0.15, -0.1) is 0 Å². The van der Waals surface area contributed by atoms with Crippen LogP contribution in [-0.2, 0) is 19.1 Å². The monoisotopic (exact) mass is 469 g/mol. The molecule has 0 aliphatic carbocycles. The zero-order chi connectivity index (χ0) is 24.9. The molecule has 2 amide bonds. The average Bonchev–Trinajstić information content (AvgIpc) is 3.06. The summed E-state index contributed by atoms with van der Waals surface area (Å²) in [7, 11) is 0. The lowest BCUT2D eigenvalue weighted by atomic mass is 10.1. The first kappa shape index (κ1) is 25.4. The number of aryl methyl sites for hydroxylation is 1. The van der Waals surface area contributed by atoms with Gasteiger partial charge in [0.25, 0.3) is 5.91 Å². The quantitative estimate of drug-likeness (QED) is 0.403. The van der Waals surface area contributed by atoms with Gasteiger partial charge in [-0.2, -0.15) is 0 Å². The Labute approximate surface area is 186 Å². The molecule has 0 saturated carbocycles. The summed E-state index contributed by atoms with van der Waals surface area (Å²) in [5.74, 6) is -8.06. The number of amides is 2. The number of esters is 2. The van der Waals surface area contributed by atoms with Crippen LogP contribution in [0, 0.1) is 31.3 Å². The topological polar surface area (TPSA) is 127 Å². The van der Waals surface area contributed by atoms with E-state index in [1.54, 1.807) is 13.8 Å². The summed E-state index contributed by atoms with van der Waals surface area (Å²) in [5, 5.41) is 4.16. The number of H-pyrrole nitrogens is 1. The van der Waals surface area contributed by atoms with Gasteiger partial charge in [-0.3, -0.25) is 9.59 Å². The lowest BCUT2D eigenvalue weighted by Gasteiger charge is -2.14. The van der Waals surface area contributed by atoms with Gasteiger partial charge in [0.2, 0.25) is 5.91 Å². The maximum atomic E-state index is 13.6. The van der Waals surface area contributed by atoms with Crippen molar-refractivity contribution in [3.63, 3.8) is 0 Å². The fraction of sp³-hybridized carbons (Fsp3) is 0.333. The van der Waals surface area contributed by atoms with Crippen molar-refractivity contribution in [1.29, 1.82) is 0 Å². The number of aromatic amines is 1. The van der Waals surface area contributed by atoms with E-state index in [9.17, 15) is 32.3 Å². The van der Waals surface area contributed by atoms with Crippen molar-refractivity contribution < 1.29 is 41.8 Å². The van der Waals surface area contributed by atoms with E-state index in [2.05, 4.69) is 10.3 Å². The Morgan fingerprint density at radius 3 is 2.36 bits per heavy atom. The summed E-state index contributed by atoms with van der Waals surface area (Å²) in [6.45, 7) is 5.42. The number of hydrogen-bond acceptors (Lipinski definition) is 6. The summed E-state index contributed by atoms with van der Waals surface area (Å²) >= 11 is 0. The summed E-state index contributed by atoms with van der Waals surface area (Å²) in [4.78, 5) is 51.2. The van der Waals surface area contributed by atoms with E-state index in [4.69, 9.17) is 9.47 Å². The van der Waals surface area contributed by atoms with Gasteiger partial charge in [0, 0.05) is 5.69 Å². The largest absolute Gasteiger partial charge is 0.461 e. The number of carbonyl (C=O) groups is 4. The van der Waals surface area contributed by atoms with Crippen LogP contribution in [0.5, 0.6) is 0 Å². The number of carbonyl (C=O) groups excluding carboxylic acids is 4. The number of anilines is 1. The van der Waals surface area contributed by atoms with Gasteiger partial charge >= 0.3 is 11.9 Å². The minimum atomic E-state index is -1.75. The van der Waals surface area contributed by atoms with Crippen LogP contribution in [0.15, 0.2) is 12.1 Å². The Morgan fingerprint density at radius 2 is 1.73 bits per heavy atom. The molecular formula is C21H22F3N3O6. The molecule has 2 aromatic rings. The fourth-order valence-corrected chi connectivity index (χ4v) is 2.86. The molecule has 2 rings (SSSR count). The Bertz CT molecular complexity index is 1100. The summed E-state index contributed by atoms with van der Waals surface area (Å²) in [5.41, 5.74) is 0.157. The van der Waals surface area contributed by atoms with E-state index in [1.165, 1.54) is 13.8 Å². The third-order valence-corrected chi connectivity index (χ3v) is 4.51. The Kier molecular flexibility index (Phi) is 8.21. The van der Waals surface area contributed by atoms with Crippen molar-refractivity contribution in [2.75, 3.05) is 18.5 Å². The molecule has 33 heavy (non-hydrogen) atoms. The van der Waals surface area contributed by atoms with E-state index in [0.29, 0.717) is 11.8 Å². The van der Waals surface area contributed by atoms with Crippen LogP contribution in [0.4, 0.5) is 18.9 Å². The molecule has 12 heteroatoms. The van der Waals surface area contributed by atoms with Crippen LogP contribution in [-0.4, -0.2) is 48.0 Å². The SMILES string of the molecule is CCOC(=O)c1[nH]c(C)c(C(=O)OC(C)C(=O)NCC(=O)Nc2ccc(F)c(F)c2F)c1C. The van der Waals surface area contributed by atoms with E-state index in [1.807, 2.05) is 5.32 Å². The lowest BCUT2D eigenvalue weighted by molar-refractivity contribution is -0.130. The molecule has 1 aromatic heterocycles. The number of ether oxygens (including phenoxy) is 2. The highest BCUT2D eigenvalue weighted by Gasteiger charge is 2.27. The molecule has 0 spiro atoms. The van der Waals surface area contributed by atoms with Crippen molar-refractivity contribution in [3.05, 3.63) is 52.1 Å². The highest BCUT2D eigenvalue weighted by Crippen LogP contribution is 2.21. The van der Waals surface area contributed by atoms with Gasteiger partial charge in [0.1, 0.15) is 5.69 Å². The Balaban J connectivity index is 1.95. The van der Waals surface area contributed by atoms with E-state index in [-0.39, 0.29) is 23.4 Å². The van der Waals surface area contributed by atoms with Gasteiger partial charge in [-0.1, -0.05) is 0 Å². The molecular weight excluding hydrogens is 447 g/mol. The molecule has 0 fully saturated rings. The smallest absolute Gasteiger partial charge is 0.355 e. The van der Waals surface area contributed by atoms with Crippen molar-refractivity contribution in [3.8, 4) is 0 Å². The summed E-state index contributed by atoms with van der Waals surface area (Å²) < 4.78 is 49.8. The zero-order valence-corrected chi connectivity index (χ0v) is 18.2. The number of aromatic nitrogens is 1. The van der Waals surface area contributed by atoms with Crippen molar-refractivity contribution in [1.82, 2.24) is 10.3 Å². The zero-order valence-electron chi connectivity index (χ0n) is 18.2. The number of benzene rings is 1. The second-order valence-corrected chi connectivity index (χ2v) is 6.88. The molecule has 3 N–H and O–H groups in total. The molecule has 1 atom stereocenters. The number of halogens is 3. The molecule has 1 aromatic carbocycles. The Hall–Kier alpha value is -3.83. The van der Waals surface area contributed by atoms with Gasteiger partial charge < -0.3 is 25.1 Å². The highest BCUT2D eigenvalue weighted by atomic mass is 19.2. The fourth-order valence-electron chi connectivity index (χ4n) is 2.86. The maximum Gasteiger partial charge on any atom is 0.355 e. The van der Waals surface area contributed by atoms with Crippen LogP contribution in [0.25, 0.3) is 0 Å². The predicted molar refractivity (Wildman–Crippen MR) is 109 cm³/mol. The van der Waals surface area contributed by atoms with Crippen LogP contribution >= 0.6 is 0 Å². The number of rotatable bonds is 8. The first-order valence-corrected chi connectivity index (χ1v) is 9.76. The lowest BCUT2D eigenvalue weighted by Crippen LogP contribution is -2.40. The van der Waals surface area contributed by atoms with Crippen LogP contribution in [0.2, 0.25) is 0 Å². The molecule has 0 radical (unpaired) electrons. The minimum absolute atomic E-state index is 0.0595. The van der Waals surface area contributed by atoms with Crippen LogP contribution in [0.1, 0.15) is 46.0 Å². The molecule has 1 heterocycles. The van der Waals surface area contributed by atoms with Gasteiger partial charge in [0.15, 0.2) is 23.6 Å². The molecule has 178 valence electrons. The Morgan fingerprint density at radius 1 is 1.06 bits per heavy atom. The number of hydrogen-bond donors (Lipinski definition) is 3. The van der Waals surface area contributed by atoms with Gasteiger partial charge in [-0.25, -0.2) is 22.8 Å². The van der Waals surface area contributed by atoms with Crippen molar-refractivity contribution >= 4 is 29.4 Å².